The largest absolute Gasteiger partial charge is 0.481 e. The van der Waals surface area contributed by atoms with Gasteiger partial charge < -0.3 is 14.6 Å². The van der Waals surface area contributed by atoms with E-state index < -0.39 is 11.9 Å². The third kappa shape index (κ3) is 4.12. The molecule has 0 radical (unpaired) electrons. The average Bonchev–Trinajstić information content (AvgIpc) is 2.63. The van der Waals surface area contributed by atoms with E-state index in [1.165, 1.54) is 37.7 Å². The van der Waals surface area contributed by atoms with Crippen LogP contribution in [-0.4, -0.2) is 36.0 Å². The molecule has 1 saturated heterocycles. The molecular formula is C23H38O4. The maximum absolute atomic E-state index is 11.2. The third-order valence-electron chi connectivity index (χ3n) is 8.14. The van der Waals surface area contributed by atoms with E-state index in [2.05, 4.69) is 27.4 Å². The molecule has 3 aliphatic rings. The summed E-state index contributed by atoms with van der Waals surface area (Å²) in [5.41, 5.74) is 1.50. The van der Waals surface area contributed by atoms with Crippen LogP contribution in [-0.2, 0) is 14.3 Å². The summed E-state index contributed by atoms with van der Waals surface area (Å²) in [6.07, 6.45) is 8.21. The number of rotatable bonds is 5. The molecule has 1 heterocycles. The number of hydrogen-bond acceptors (Lipinski definition) is 3. The van der Waals surface area contributed by atoms with Crippen LogP contribution in [0.2, 0.25) is 0 Å². The lowest BCUT2D eigenvalue weighted by Gasteiger charge is -2.53. The molecule has 1 aliphatic heterocycles. The smallest absolute Gasteiger partial charge is 0.308 e. The van der Waals surface area contributed by atoms with Gasteiger partial charge in [0.2, 0.25) is 0 Å². The van der Waals surface area contributed by atoms with Gasteiger partial charge in [-0.25, -0.2) is 0 Å². The Balaban J connectivity index is 1.60. The van der Waals surface area contributed by atoms with Gasteiger partial charge in [-0.2, -0.15) is 0 Å². The normalized spacial score (nSPS) is 43.8. The first-order valence-corrected chi connectivity index (χ1v) is 10.8. The van der Waals surface area contributed by atoms with Crippen molar-refractivity contribution in [3.63, 3.8) is 0 Å². The molecule has 4 heteroatoms. The van der Waals surface area contributed by atoms with E-state index in [4.69, 9.17) is 9.47 Å². The lowest BCUT2D eigenvalue weighted by atomic mass is 9.52. The maximum atomic E-state index is 11.2. The van der Waals surface area contributed by atoms with Crippen molar-refractivity contribution in [1.82, 2.24) is 0 Å². The standard InChI is InChI=1S/C23H38O4/c1-15-9-12-23(5)16(2)7-6-8-19(23)18(15)10-11-22(4)14-26-20(13-27-22)17(3)21(24)25/h15,17-20H,2,6-14H2,1,3-5H3,(H,24,25)/t15-,17-,18+,19?,20?,22?,23+/m1/s1. The highest BCUT2D eigenvalue weighted by Crippen LogP contribution is 2.57. The van der Waals surface area contributed by atoms with Crippen molar-refractivity contribution >= 4 is 5.97 Å². The van der Waals surface area contributed by atoms with Crippen molar-refractivity contribution in [2.24, 2.45) is 29.1 Å². The highest BCUT2D eigenvalue weighted by atomic mass is 16.6. The first-order chi connectivity index (χ1) is 12.7. The number of carboxylic acid groups (broad SMARTS) is 1. The molecule has 154 valence electrons. The van der Waals surface area contributed by atoms with Crippen LogP contribution in [0.4, 0.5) is 0 Å². The van der Waals surface area contributed by atoms with E-state index in [-0.39, 0.29) is 11.7 Å². The van der Waals surface area contributed by atoms with Crippen molar-refractivity contribution in [3.05, 3.63) is 12.2 Å². The Morgan fingerprint density at radius 1 is 1.37 bits per heavy atom. The molecule has 2 saturated carbocycles. The van der Waals surface area contributed by atoms with Crippen LogP contribution in [0.25, 0.3) is 0 Å². The summed E-state index contributed by atoms with van der Waals surface area (Å²) in [4.78, 5) is 11.2. The quantitative estimate of drug-likeness (QED) is 0.679. The molecular weight excluding hydrogens is 340 g/mol. The maximum Gasteiger partial charge on any atom is 0.308 e. The Morgan fingerprint density at radius 2 is 2.11 bits per heavy atom. The minimum atomic E-state index is -0.819. The zero-order valence-electron chi connectivity index (χ0n) is 17.6. The van der Waals surface area contributed by atoms with Crippen LogP contribution in [0.3, 0.4) is 0 Å². The molecule has 3 unspecified atom stereocenters. The van der Waals surface area contributed by atoms with Crippen LogP contribution in [0.5, 0.6) is 0 Å². The van der Waals surface area contributed by atoms with Gasteiger partial charge in [0.05, 0.1) is 30.8 Å². The summed E-state index contributed by atoms with van der Waals surface area (Å²) in [6.45, 7) is 14.0. The number of carboxylic acids is 1. The zero-order valence-corrected chi connectivity index (χ0v) is 17.6. The summed E-state index contributed by atoms with van der Waals surface area (Å²) in [5.74, 6) is 0.871. The summed E-state index contributed by atoms with van der Waals surface area (Å²) < 4.78 is 12.1. The van der Waals surface area contributed by atoms with Crippen molar-refractivity contribution in [1.29, 1.82) is 0 Å². The second-order valence-corrected chi connectivity index (χ2v) is 9.98. The highest BCUT2D eigenvalue weighted by molar-refractivity contribution is 5.70. The van der Waals surface area contributed by atoms with Crippen molar-refractivity contribution < 1.29 is 19.4 Å². The number of ether oxygens (including phenoxy) is 2. The average molecular weight is 379 g/mol. The molecule has 0 amide bonds. The Morgan fingerprint density at radius 3 is 2.74 bits per heavy atom. The van der Waals surface area contributed by atoms with Gasteiger partial charge in [-0.1, -0.05) is 26.0 Å². The number of carbonyl (C=O) groups is 1. The van der Waals surface area contributed by atoms with Gasteiger partial charge in [-0.05, 0) is 82.0 Å². The number of aliphatic carboxylic acids is 1. The van der Waals surface area contributed by atoms with Gasteiger partial charge in [0.1, 0.15) is 0 Å². The minimum Gasteiger partial charge on any atom is -0.481 e. The van der Waals surface area contributed by atoms with Crippen molar-refractivity contribution in [2.75, 3.05) is 13.2 Å². The predicted octanol–water partition coefficient (Wildman–Crippen LogP) is 5.07. The van der Waals surface area contributed by atoms with Crippen LogP contribution in [0, 0.1) is 29.1 Å². The van der Waals surface area contributed by atoms with E-state index in [0.717, 1.165) is 30.6 Å². The molecule has 27 heavy (non-hydrogen) atoms. The zero-order chi connectivity index (χ0) is 19.8. The first-order valence-electron chi connectivity index (χ1n) is 10.8. The van der Waals surface area contributed by atoms with E-state index >= 15 is 0 Å². The molecule has 2 aliphatic carbocycles. The Kier molecular flexibility index (Phi) is 6.08. The van der Waals surface area contributed by atoms with E-state index in [0.29, 0.717) is 18.6 Å². The topological polar surface area (TPSA) is 55.8 Å². The monoisotopic (exact) mass is 378 g/mol. The fourth-order valence-corrected chi connectivity index (χ4v) is 5.79. The van der Waals surface area contributed by atoms with Gasteiger partial charge in [0.25, 0.3) is 0 Å². The number of fused-ring (bicyclic) bond motifs is 1. The Labute approximate surface area is 164 Å². The van der Waals surface area contributed by atoms with Gasteiger partial charge >= 0.3 is 5.97 Å². The lowest BCUT2D eigenvalue weighted by Crippen LogP contribution is -2.49. The summed E-state index contributed by atoms with van der Waals surface area (Å²) >= 11 is 0. The van der Waals surface area contributed by atoms with Crippen LogP contribution < -0.4 is 0 Å². The molecule has 0 bridgehead atoms. The second kappa shape index (κ2) is 7.87. The van der Waals surface area contributed by atoms with Crippen molar-refractivity contribution in [2.45, 2.75) is 84.3 Å². The molecule has 0 spiro atoms. The van der Waals surface area contributed by atoms with Crippen LogP contribution in [0.1, 0.15) is 72.6 Å². The van der Waals surface area contributed by atoms with Crippen molar-refractivity contribution in [3.8, 4) is 0 Å². The highest BCUT2D eigenvalue weighted by Gasteiger charge is 2.48. The molecule has 3 rings (SSSR count). The van der Waals surface area contributed by atoms with Crippen LogP contribution in [0.15, 0.2) is 12.2 Å². The lowest BCUT2D eigenvalue weighted by molar-refractivity contribution is -0.203. The third-order valence-corrected chi connectivity index (χ3v) is 8.14. The Bertz CT molecular complexity index is 563. The SMILES string of the molecule is C=C1CCCC2[C@@H](CCC3(C)COC([C@@H](C)C(=O)O)CO3)[C@H](C)CC[C@@]12C. The number of hydrogen-bond donors (Lipinski definition) is 1. The Hall–Kier alpha value is -0.870. The molecule has 0 aromatic carbocycles. The fraction of sp³-hybridized carbons (Fsp3) is 0.870. The van der Waals surface area contributed by atoms with Gasteiger partial charge in [-0.15, -0.1) is 0 Å². The van der Waals surface area contributed by atoms with Gasteiger partial charge in [0, 0.05) is 0 Å². The molecule has 0 aromatic heterocycles. The predicted molar refractivity (Wildman–Crippen MR) is 107 cm³/mol. The molecule has 0 aromatic rings. The van der Waals surface area contributed by atoms with Gasteiger partial charge in [-0.3, -0.25) is 4.79 Å². The van der Waals surface area contributed by atoms with E-state index in [1.54, 1.807) is 6.92 Å². The molecule has 7 atom stereocenters. The molecule has 4 nitrogen and oxygen atoms in total. The van der Waals surface area contributed by atoms with E-state index in [1.807, 2.05) is 0 Å². The second-order valence-electron chi connectivity index (χ2n) is 9.98. The van der Waals surface area contributed by atoms with Gasteiger partial charge in [0.15, 0.2) is 0 Å². The molecule has 3 fully saturated rings. The summed E-state index contributed by atoms with van der Waals surface area (Å²) in [7, 11) is 0. The summed E-state index contributed by atoms with van der Waals surface area (Å²) in [6, 6.07) is 0. The fourth-order valence-electron chi connectivity index (χ4n) is 5.79. The minimum absolute atomic E-state index is 0.298. The molecule has 1 N–H and O–H groups in total. The number of allylic oxidation sites excluding steroid dienone is 1. The summed E-state index contributed by atoms with van der Waals surface area (Å²) in [5, 5.41) is 9.18. The first kappa shape index (κ1) is 20.9. The van der Waals surface area contributed by atoms with E-state index in [9.17, 15) is 9.90 Å². The van der Waals surface area contributed by atoms with Crippen LogP contribution >= 0.6 is 0 Å².